The lowest BCUT2D eigenvalue weighted by Crippen LogP contribution is -2.14. The maximum atomic E-state index is 13.8. The standard InChI is InChI=1S/C22H23ClFN3O3/c1-4-21-25-22(15-7-9-17(23)18(24)12-15)26-27(21)13-16(28)8-5-14-6-10-19(29-2)20(11-14)30-3/h6-7,9-12H,4-5,8,13H2,1-3H3. The van der Waals surface area contributed by atoms with E-state index in [1.165, 1.54) is 12.1 Å². The Morgan fingerprint density at radius 3 is 2.57 bits per heavy atom. The zero-order valence-electron chi connectivity index (χ0n) is 17.1. The number of nitrogens with zero attached hydrogens (tertiary/aromatic N) is 3. The van der Waals surface area contributed by atoms with Crippen molar-refractivity contribution in [3.63, 3.8) is 0 Å². The van der Waals surface area contributed by atoms with E-state index in [9.17, 15) is 9.18 Å². The highest BCUT2D eigenvalue weighted by Crippen LogP contribution is 2.28. The van der Waals surface area contributed by atoms with Gasteiger partial charge in [-0.15, -0.1) is 0 Å². The number of ether oxygens (including phenoxy) is 2. The van der Waals surface area contributed by atoms with Gasteiger partial charge >= 0.3 is 0 Å². The normalized spacial score (nSPS) is 10.8. The zero-order valence-corrected chi connectivity index (χ0v) is 17.9. The zero-order chi connectivity index (χ0) is 21.7. The number of aryl methyl sites for hydroxylation is 2. The van der Waals surface area contributed by atoms with Crippen LogP contribution in [0.5, 0.6) is 11.5 Å². The number of hydrogen-bond donors (Lipinski definition) is 0. The van der Waals surface area contributed by atoms with Crippen LogP contribution in [0.1, 0.15) is 24.7 Å². The molecule has 0 amide bonds. The minimum absolute atomic E-state index is 0.0261. The van der Waals surface area contributed by atoms with E-state index in [0.717, 1.165) is 5.56 Å². The predicted octanol–water partition coefficient (Wildman–Crippen LogP) is 4.52. The second kappa shape index (κ2) is 9.71. The van der Waals surface area contributed by atoms with Crippen molar-refractivity contribution in [1.82, 2.24) is 14.8 Å². The molecule has 2 aromatic carbocycles. The van der Waals surface area contributed by atoms with Crippen LogP contribution in [0.2, 0.25) is 5.02 Å². The summed E-state index contributed by atoms with van der Waals surface area (Å²) in [6.45, 7) is 2.04. The smallest absolute Gasteiger partial charge is 0.181 e. The van der Waals surface area contributed by atoms with Gasteiger partial charge in [0.15, 0.2) is 23.1 Å². The van der Waals surface area contributed by atoms with Crippen molar-refractivity contribution in [2.24, 2.45) is 0 Å². The molecule has 1 aromatic heterocycles. The Morgan fingerprint density at radius 2 is 1.90 bits per heavy atom. The third-order valence-corrected chi connectivity index (χ3v) is 5.02. The second-order valence-corrected chi connectivity index (χ2v) is 7.13. The molecule has 0 aliphatic carbocycles. The quantitative estimate of drug-likeness (QED) is 0.498. The minimum Gasteiger partial charge on any atom is -0.493 e. The third-order valence-electron chi connectivity index (χ3n) is 4.71. The van der Waals surface area contributed by atoms with Gasteiger partial charge in [0.2, 0.25) is 0 Å². The van der Waals surface area contributed by atoms with Crippen LogP contribution in [0.4, 0.5) is 4.39 Å². The van der Waals surface area contributed by atoms with Gasteiger partial charge in [-0.1, -0.05) is 24.6 Å². The summed E-state index contributed by atoms with van der Waals surface area (Å²) in [6, 6.07) is 10.0. The molecule has 0 atom stereocenters. The third kappa shape index (κ3) is 4.97. The molecule has 0 aliphatic rings. The lowest BCUT2D eigenvalue weighted by Gasteiger charge is -2.09. The number of rotatable bonds is 9. The fourth-order valence-electron chi connectivity index (χ4n) is 3.09. The Hall–Kier alpha value is -2.93. The first-order valence-electron chi connectivity index (χ1n) is 9.56. The number of hydrogen-bond acceptors (Lipinski definition) is 5. The van der Waals surface area contributed by atoms with Crippen molar-refractivity contribution in [2.45, 2.75) is 32.7 Å². The average molecular weight is 432 g/mol. The number of carbonyl (C=O) groups excluding carboxylic acids is 1. The molecule has 158 valence electrons. The van der Waals surface area contributed by atoms with E-state index in [1.807, 2.05) is 25.1 Å². The van der Waals surface area contributed by atoms with Crippen LogP contribution in [-0.2, 0) is 24.2 Å². The number of Topliss-reactive ketones (excluding diaryl/α,β-unsaturated/α-hetero) is 1. The molecule has 0 fully saturated rings. The lowest BCUT2D eigenvalue weighted by atomic mass is 10.1. The van der Waals surface area contributed by atoms with Crippen molar-refractivity contribution in [2.75, 3.05) is 14.2 Å². The Labute approximate surface area is 179 Å². The van der Waals surface area contributed by atoms with Gasteiger partial charge in [0.1, 0.15) is 18.2 Å². The first-order valence-corrected chi connectivity index (χ1v) is 9.94. The first kappa shape index (κ1) is 21.8. The number of ketones is 1. The fraction of sp³-hybridized carbons (Fsp3) is 0.318. The number of benzene rings is 2. The molecular weight excluding hydrogens is 409 g/mol. The molecule has 0 aliphatic heterocycles. The van der Waals surface area contributed by atoms with Crippen LogP contribution in [0.15, 0.2) is 36.4 Å². The summed E-state index contributed by atoms with van der Waals surface area (Å²) in [5.41, 5.74) is 1.50. The van der Waals surface area contributed by atoms with Gasteiger partial charge in [-0.05, 0) is 42.3 Å². The van der Waals surface area contributed by atoms with Gasteiger partial charge in [-0.25, -0.2) is 14.1 Å². The highest BCUT2D eigenvalue weighted by atomic mass is 35.5. The van der Waals surface area contributed by atoms with Crippen molar-refractivity contribution < 1.29 is 18.7 Å². The van der Waals surface area contributed by atoms with Crippen molar-refractivity contribution >= 4 is 17.4 Å². The number of methoxy groups -OCH3 is 2. The highest BCUT2D eigenvalue weighted by Gasteiger charge is 2.15. The molecule has 0 spiro atoms. The molecule has 0 unspecified atom stereocenters. The van der Waals surface area contributed by atoms with Crippen molar-refractivity contribution in [3.8, 4) is 22.9 Å². The van der Waals surface area contributed by atoms with Crippen molar-refractivity contribution in [3.05, 3.63) is 58.6 Å². The molecule has 1 heterocycles. The molecular formula is C22H23ClFN3O3. The average Bonchev–Trinajstić information content (AvgIpc) is 3.16. The number of aromatic nitrogens is 3. The maximum absolute atomic E-state index is 13.8. The summed E-state index contributed by atoms with van der Waals surface area (Å²) in [4.78, 5) is 17.0. The van der Waals surface area contributed by atoms with Crippen LogP contribution >= 0.6 is 11.6 Å². The predicted molar refractivity (Wildman–Crippen MR) is 113 cm³/mol. The summed E-state index contributed by atoms with van der Waals surface area (Å²) < 4.78 is 25.9. The van der Waals surface area contributed by atoms with Gasteiger partial charge < -0.3 is 9.47 Å². The Kier molecular flexibility index (Phi) is 7.05. The summed E-state index contributed by atoms with van der Waals surface area (Å²) >= 11 is 5.74. The van der Waals surface area contributed by atoms with E-state index in [0.29, 0.717) is 48.0 Å². The highest BCUT2D eigenvalue weighted by molar-refractivity contribution is 6.30. The molecule has 0 bridgehead atoms. The van der Waals surface area contributed by atoms with Crippen LogP contribution < -0.4 is 9.47 Å². The van der Waals surface area contributed by atoms with E-state index < -0.39 is 5.82 Å². The molecule has 0 saturated heterocycles. The number of halogens is 2. The lowest BCUT2D eigenvalue weighted by molar-refractivity contribution is -0.119. The van der Waals surface area contributed by atoms with Crippen LogP contribution in [0, 0.1) is 5.82 Å². The molecule has 3 aromatic rings. The molecule has 0 N–H and O–H groups in total. The van der Waals surface area contributed by atoms with E-state index in [-0.39, 0.29) is 17.4 Å². The van der Waals surface area contributed by atoms with Gasteiger partial charge in [0.25, 0.3) is 0 Å². The fourth-order valence-corrected chi connectivity index (χ4v) is 3.20. The summed E-state index contributed by atoms with van der Waals surface area (Å²) in [6.07, 6.45) is 1.53. The maximum Gasteiger partial charge on any atom is 0.181 e. The van der Waals surface area contributed by atoms with Gasteiger partial charge in [0.05, 0.1) is 19.2 Å². The van der Waals surface area contributed by atoms with Crippen LogP contribution in [0.3, 0.4) is 0 Å². The number of carbonyl (C=O) groups is 1. The topological polar surface area (TPSA) is 66.2 Å². The van der Waals surface area contributed by atoms with E-state index in [1.54, 1.807) is 25.0 Å². The van der Waals surface area contributed by atoms with Gasteiger partial charge in [0, 0.05) is 18.4 Å². The summed E-state index contributed by atoms with van der Waals surface area (Å²) in [5, 5.41) is 4.45. The monoisotopic (exact) mass is 431 g/mol. The van der Waals surface area contributed by atoms with Gasteiger partial charge in [-0.3, -0.25) is 4.79 Å². The van der Waals surface area contributed by atoms with Crippen molar-refractivity contribution in [1.29, 1.82) is 0 Å². The molecule has 0 saturated carbocycles. The summed E-state index contributed by atoms with van der Waals surface area (Å²) in [5.74, 6) is 1.81. The van der Waals surface area contributed by atoms with E-state index in [4.69, 9.17) is 21.1 Å². The Balaban J connectivity index is 1.69. The molecule has 6 nitrogen and oxygen atoms in total. The molecule has 30 heavy (non-hydrogen) atoms. The first-order chi connectivity index (χ1) is 14.4. The largest absolute Gasteiger partial charge is 0.493 e. The molecule has 8 heteroatoms. The molecule has 3 rings (SSSR count). The Bertz CT molecular complexity index is 1050. The van der Waals surface area contributed by atoms with Crippen LogP contribution in [0.25, 0.3) is 11.4 Å². The summed E-state index contributed by atoms with van der Waals surface area (Å²) in [7, 11) is 3.16. The Morgan fingerprint density at radius 1 is 1.13 bits per heavy atom. The van der Waals surface area contributed by atoms with Gasteiger partial charge in [-0.2, -0.15) is 5.10 Å². The minimum atomic E-state index is -0.533. The van der Waals surface area contributed by atoms with E-state index >= 15 is 0 Å². The second-order valence-electron chi connectivity index (χ2n) is 6.72. The molecule has 0 radical (unpaired) electrons. The van der Waals surface area contributed by atoms with E-state index in [2.05, 4.69) is 10.1 Å². The van der Waals surface area contributed by atoms with Crippen LogP contribution in [-0.4, -0.2) is 34.8 Å². The SMILES string of the molecule is CCc1nc(-c2ccc(Cl)c(F)c2)nn1CC(=O)CCc1ccc(OC)c(OC)c1.